The van der Waals surface area contributed by atoms with Crippen LogP contribution in [0.5, 0.6) is 0 Å². The first-order chi connectivity index (χ1) is 9.52. The summed E-state index contributed by atoms with van der Waals surface area (Å²) in [7, 11) is 0. The van der Waals surface area contributed by atoms with Crippen molar-refractivity contribution in [2.75, 3.05) is 12.3 Å². The second-order valence-corrected chi connectivity index (χ2v) is 5.32. The van der Waals surface area contributed by atoms with Crippen molar-refractivity contribution in [1.29, 1.82) is 0 Å². The predicted molar refractivity (Wildman–Crippen MR) is 76.2 cm³/mol. The van der Waals surface area contributed by atoms with Crippen LogP contribution in [0.3, 0.4) is 0 Å². The number of carboxylic acids is 1. The molecular weight excluding hydrogens is 256 g/mol. The molecule has 0 spiro atoms. The Balaban J connectivity index is 2.17. The molecule has 1 aliphatic heterocycles. The van der Waals surface area contributed by atoms with E-state index in [0.717, 1.165) is 12.8 Å². The number of amides is 1. The van der Waals surface area contributed by atoms with Gasteiger partial charge in [-0.05, 0) is 24.0 Å². The molecule has 3 N–H and O–H groups in total. The lowest BCUT2D eigenvalue weighted by Crippen LogP contribution is -2.26. The first-order valence-electron chi connectivity index (χ1n) is 6.91. The zero-order chi connectivity index (χ0) is 14.7. The zero-order valence-electron chi connectivity index (χ0n) is 11.6. The molecule has 0 radical (unpaired) electrons. The Morgan fingerprint density at radius 1 is 1.50 bits per heavy atom. The number of rotatable bonds is 5. The molecule has 0 aromatic heterocycles. The lowest BCUT2D eigenvalue weighted by molar-refractivity contribution is -0.128. The van der Waals surface area contributed by atoms with Gasteiger partial charge < -0.3 is 15.7 Å². The Hall–Kier alpha value is -2.04. The van der Waals surface area contributed by atoms with Gasteiger partial charge in [-0.2, -0.15) is 0 Å². The molecule has 5 nitrogen and oxygen atoms in total. The number of carbonyl (C=O) groups is 2. The van der Waals surface area contributed by atoms with E-state index in [2.05, 4.69) is 6.92 Å². The number of carboxylic acid groups (broad SMARTS) is 1. The maximum absolute atomic E-state index is 12.0. The second kappa shape index (κ2) is 5.94. The van der Waals surface area contributed by atoms with Gasteiger partial charge in [0.1, 0.15) is 0 Å². The Bertz CT molecular complexity index is 528. The smallest absolute Gasteiger partial charge is 0.338 e. The van der Waals surface area contributed by atoms with Crippen molar-refractivity contribution in [3.63, 3.8) is 0 Å². The van der Waals surface area contributed by atoms with Gasteiger partial charge in [-0.1, -0.05) is 25.5 Å². The molecule has 1 fully saturated rings. The van der Waals surface area contributed by atoms with Crippen molar-refractivity contribution in [3.8, 4) is 0 Å². The molecule has 1 saturated heterocycles. The summed E-state index contributed by atoms with van der Waals surface area (Å²) in [6, 6.07) is 5.01. The molecule has 1 aromatic rings. The normalized spacial score (nSPS) is 18.6. The third-order valence-electron chi connectivity index (χ3n) is 3.75. The summed E-state index contributed by atoms with van der Waals surface area (Å²) in [6.45, 7) is 3.14. The fourth-order valence-electron chi connectivity index (χ4n) is 2.83. The van der Waals surface area contributed by atoms with Crippen LogP contribution in [0.25, 0.3) is 0 Å². The summed E-state index contributed by atoms with van der Waals surface area (Å²) in [5, 5.41) is 9.24. The molecule has 5 heteroatoms. The summed E-state index contributed by atoms with van der Waals surface area (Å²) >= 11 is 0. The van der Waals surface area contributed by atoms with Gasteiger partial charge in [-0.25, -0.2) is 4.79 Å². The number of hydrogen-bond donors (Lipinski definition) is 2. The number of anilines is 1. The van der Waals surface area contributed by atoms with Crippen LogP contribution in [0.4, 0.5) is 5.69 Å². The van der Waals surface area contributed by atoms with Gasteiger partial charge in [0.2, 0.25) is 5.91 Å². The lowest BCUT2D eigenvalue weighted by atomic mass is 10.0. The molecule has 1 heterocycles. The van der Waals surface area contributed by atoms with E-state index >= 15 is 0 Å². The van der Waals surface area contributed by atoms with Gasteiger partial charge in [0, 0.05) is 25.2 Å². The number of nitrogens with two attached hydrogens (primary N) is 1. The first-order valence-corrected chi connectivity index (χ1v) is 6.91. The molecule has 1 atom stereocenters. The van der Waals surface area contributed by atoms with E-state index in [4.69, 9.17) is 5.73 Å². The fraction of sp³-hybridized carbons (Fsp3) is 0.467. The van der Waals surface area contributed by atoms with Crippen LogP contribution < -0.4 is 5.73 Å². The molecule has 0 saturated carbocycles. The minimum absolute atomic E-state index is 0.0993. The Morgan fingerprint density at radius 2 is 2.25 bits per heavy atom. The molecule has 108 valence electrons. The largest absolute Gasteiger partial charge is 0.478 e. The number of aromatic carboxylic acids is 1. The summed E-state index contributed by atoms with van der Waals surface area (Å²) < 4.78 is 0. The van der Waals surface area contributed by atoms with Gasteiger partial charge in [0.25, 0.3) is 0 Å². The van der Waals surface area contributed by atoms with E-state index in [1.54, 1.807) is 23.1 Å². The summed E-state index contributed by atoms with van der Waals surface area (Å²) in [4.78, 5) is 25.0. The monoisotopic (exact) mass is 276 g/mol. The number of nitrogens with zero attached hydrogens (tertiary/aromatic N) is 1. The van der Waals surface area contributed by atoms with E-state index < -0.39 is 5.97 Å². The van der Waals surface area contributed by atoms with E-state index in [1.807, 2.05) is 0 Å². The van der Waals surface area contributed by atoms with Crippen LogP contribution in [0.2, 0.25) is 0 Å². The molecule has 0 aliphatic carbocycles. The van der Waals surface area contributed by atoms with Crippen molar-refractivity contribution in [3.05, 3.63) is 29.3 Å². The van der Waals surface area contributed by atoms with Crippen LogP contribution in [0.1, 0.15) is 42.1 Å². The average molecular weight is 276 g/mol. The summed E-state index contributed by atoms with van der Waals surface area (Å²) in [6.07, 6.45) is 2.66. The van der Waals surface area contributed by atoms with Crippen LogP contribution in [-0.4, -0.2) is 28.4 Å². The highest BCUT2D eigenvalue weighted by molar-refractivity contribution is 5.95. The molecule has 0 bridgehead atoms. The standard InChI is InChI=1S/C15H20N2O3/c1-2-4-10-7-13(18)17(8-10)9-11-5-3-6-12(16)14(11)15(19)20/h3,5-6,10H,2,4,7-9,16H2,1H3,(H,19,20). The van der Waals surface area contributed by atoms with Crippen LogP contribution in [0.15, 0.2) is 18.2 Å². The molecule has 1 amide bonds. The van der Waals surface area contributed by atoms with Crippen molar-refractivity contribution in [2.24, 2.45) is 5.92 Å². The minimum Gasteiger partial charge on any atom is -0.478 e. The van der Waals surface area contributed by atoms with Crippen LogP contribution in [-0.2, 0) is 11.3 Å². The van der Waals surface area contributed by atoms with Gasteiger partial charge in [0.05, 0.1) is 5.56 Å². The third-order valence-corrected chi connectivity index (χ3v) is 3.75. The predicted octanol–water partition coefficient (Wildman–Crippen LogP) is 2.12. The Kier molecular flexibility index (Phi) is 4.27. The summed E-state index contributed by atoms with van der Waals surface area (Å²) in [5.74, 6) is -0.557. The number of nitrogen functional groups attached to an aromatic ring is 1. The van der Waals surface area contributed by atoms with Gasteiger partial charge in [-0.15, -0.1) is 0 Å². The number of likely N-dealkylation sites (tertiary alicyclic amines) is 1. The first kappa shape index (κ1) is 14.4. The summed E-state index contributed by atoms with van der Waals surface area (Å²) in [5.41, 5.74) is 6.67. The molecular formula is C15H20N2O3. The zero-order valence-corrected chi connectivity index (χ0v) is 11.6. The maximum atomic E-state index is 12.0. The number of benzene rings is 1. The van der Waals surface area contributed by atoms with Gasteiger partial charge in [0.15, 0.2) is 0 Å². The topological polar surface area (TPSA) is 83.6 Å². The highest BCUT2D eigenvalue weighted by Crippen LogP contribution is 2.26. The minimum atomic E-state index is -1.05. The number of carbonyl (C=O) groups excluding carboxylic acids is 1. The van der Waals surface area contributed by atoms with Crippen molar-refractivity contribution >= 4 is 17.6 Å². The van der Waals surface area contributed by atoms with E-state index in [0.29, 0.717) is 31.0 Å². The average Bonchev–Trinajstić information content (AvgIpc) is 2.70. The number of hydrogen-bond acceptors (Lipinski definition) is 3. The highest BCUT2D eigenvalue weighted by Gasteiger charge is 2.29. The van der Waals surface area contributed by atoms with Crippen molar-refractivity contribution < 1.29 is 14.7 Å². The lowest BCUT2D eigenvalue weighted by Gasteiger charge is -2.18. The third kappa shape index (κ3) is 2.92. The fourth-order valence-corrected chi connectivity index (χ4v) is 2.83. The van der Waals surface area contributed by atoms with Crippen molar-refractivity contribution in [1.82, 2.24) is 4.90 Å². The molecule has 20 heavy (non-hydrogen) atoms. The van der Waals surface area contributed by atoms with E-state index in [-0.39, 0.29) is 17.2 Å². The highest BCUT2D eigenvalue weighted by atomic mass is 16.4. The van der Waals surface area contributed by atoms with Crippen molar-refractivity contribution in [2.45, 2.75) is 32.7 Å². The molecule has 2 rings (SSSR count). The van der Waals surface area contributed by atoms with E-state index in [1.165, 1.54) is 0 Å². The van der Waals surface area contributed by atoms with Gasteiger partial charge >= 0.3 is 5.97 Å². The molecule has 1 unspecified atom stereocenters. The quantitative estimate of drug-likeness (QED) is 0.807. The molecule has 1 aromatic carbocycles. The maximum Gasteiger partial charge on any atom is 0.338 e. The van der Waals surface area contributed by atoms with Gasteiger partial charge in [-0.3, -0.25) is 4.79 Å². The SMILES string of the molecule is CCCC1CC(=O)N(Cc2cccc(N)c2C(=O)O)C1. The Morgan fingerprint density at radius 3 is 2.90 bits per heavy atom. The van der Waals surface area contributed by atoms with Crippen LogP contribution >= 0.6 is 0 Å². The molecule has 1 aliphatic rings. The second-order valence-electron chi connectivity index (χ2n) is 5.32. The van der Waals surface area contributed by atoms with E-state index in [9.17, 15) is 14.7 Å². The Labute approximate surface area is 118 Å². The van der Waals surface area contributed by atoms with Crippen LogP contribution in [0, 0.1) is 5.92 Å².